The third-order valence-electron chi connectivity index (χ3n) is 6.14. The first-order valence-electron chi connectivity index (χ1n) is 11.2. The zero-order chi connectivity index (χ0) is 24.5. The largest absolute Gasteiger partial charge is 0.416 e. The molecule has 0 spiro atoms. The molecule has 1 aliphatic rings. The number of aromatic nitrogens is 1. The minimum atomic E-state index is -4.43. The van der Waals surface area contributed by atoms with Crippen molar-refractivity contribution < 1.29 is 22.7 Å². The van der Waals surface area contributed by atoms with Crippen LogP contribution in [0.15, 0.2) is 48.5 Å². The van der Waals surface area contributed by atoms with Gasteiger partial charge in [0.05, 0.1) is 24.5 Å². The van der Waals surface area contributed by atoms with Gasteiger partial charge in [0.15, 0.2) is 0 Å². The molecule has 1 aromatic heterocycles. The quantitative estimate of drug-likeness (QED) is 0.529. The number of anilines is 2. The smallest absolute Gasteiger partial charge is 0.378 e. The molecule has 1 N–H and O–H groups in total. The molecule has 180 valence electrons. The Kier molecular flexibility index (Phi) is 6.70. The van der Waals surface area contributed by atoms with Gasteiger partial charge in [-0.2, -0.15) is 13.2 Å². The van der Waals surface area contributed by atoms with Crippen LogP contribution >= 0.6 is 0 Å². The standard InChI is InChI=1S/C26H28F3N3O2/c1-17-6-4-9-22(14-17)30-25(33)24-18(2)23(31-10-12-34-13-11-31)19(3)32(24)16-20-7-5-8-21(15-20)26(27,28)29/h4-9,14-15H,10-13,16H2,1-3H3,(H,30,33). The summed E-state index contributed by atoms with van der Waals surface area (Å²) in [7, 11) is 0. The second-order valence-corrected chi connectivity index (χ2v) is 8.61. The number of ether oxygens (including phenoxy) is 1. The predicted octanol–water partition coefficient (Wildman–Crippen LogP) is 5.57. The lowest BCUT2D eigenvalue weighted by Gasteiger charge is -2.29. The highest BCUT2D eigenvalue weighted by molar-refractivity contribution is 6.05. The van der Waals surface area contributed by atoms with Gasteiger partial charge in [-0.25, -0.2) is 0 Å². The highest BCUT2D eigenvalue weighted by atomic mass is 19.4. The number of nitrogens with one attached hydrogen (secondary N) is 1. The average molecular weight is 472 g/mol. The molecule has 34 heavy (non-hydrogen) atoms. The number of benzene rings is 2. The van der Waals surface area contributed by atoms with E-state index in [0.717, 1.165) is 34.6 Å². The zero-order valence-electron chi connectivity index (χ0n) is 19.5. The SMILES string of the molecule is Cc1cccc(NC(=O)c2c(C)c(N3CCOCC3)c(C)n2Cc2cccc(C(F)(F)F)c2)c1. The van der Waals surface area contributed by atoms with Gasteiger partial charge in [0.25, 0.3) is 5.91 Å². The minimum Gasteiger partial charge on any atom is -0.378 e. The summed E-state index contributed by atoms with van der Waals surface area (Å²) in [6, 6.07) is 12.8. The molecule has 8 heteroatoms. The molecule has 1 saturated heterocycles. The first-order valence-corrected chi connectivity index (χ1v) is 11.2. The van der Waals surface area contributed by atoms with E-state index in [-0.39, 0.29) is 12.5 Å². The summed E-state index contributed by atoms with van der Waals surface area (Å²) in [6.45, 7) is 8.45. The fourth-order valence-corrected chi connectivity index (χ4v) is 4.57. The lowest BCUT2D eigenvalue weighted by molar-refractivity contribution is -0.137. The molecule has 4 rings (SSSR count). The minimum absolute atomic E-state index is 0.150. The molecule has 1 amide bonds. The summed E-state index contributed by atoms with van der Waals surface area (Å²) in [4.78, 5) is 15.7. The van der Waals surface area contributed by atoms with Crippen molar-refractivity contribution in [1.29, 1.82) is 0 Å². The normalized spacial score (nSPS) is 14.4. The Morgan fingerprint density at radius 2 is 1.74 bits per heavy atom. The number of hydrogen-bond acceptors (Lipinski definition) is 3. The van der Waals surface area contributed by atoms with Gasteiger partial charge in [-0.3, -0.25) is 4.79 Å². The van der Waals surface area contributed by atoms with Gasteiger partial charge in [0.1, 0.15) is 5.69 Å². The molecule has 1 fully saturated rings. The molecule has 0 atom stereocenters. The van der Waals surface area contributed by atoms with Crippen LogP contribution in [0.2, 0.25) is 0 Å². The molecule has 0 unspecified atom stereocenters. The number of carbonyl (C=O) groups excluding carboxylic acids is 1. The Morgan fingerprint density at radius 3 is 2.41 bits per heavy atom. The van der Waals surface area contributed by atoms with Crippen LogP contribution in [0.25, 0.3) is 0 Å². The van der Waals surface area contributed by atoms with Crippen LogP contribution in [0.1, 0.15) is 38.4 Å². The monoisotopic (exact) mass is 471 g/mol. The summed E-state index contributed by atoms with van der Waals surface area (Å²) in [5, 5.41) is 2.96. The van der Waals surface area contributed by atoms with Crippen LogP contribution in [0, 0.1) is 20.8 Å². The number of nitrogens with zero attached hydrogens (tertiary/aromatic N) is 2. The topological polar surface area (TPSA) is 46.5 Å². The van der Waals surface area contributed by atoms with E-state index in [2.05, 4.69) is 10.2 Å². The van der Waals surface area contributed by atoms with Crippen molar-refractivity contribution >= 4 is 17.3 Å². The third-order valence-corrected chi connectivity index (χ3v) is 6.14. The Morgan fingerprint density at radius 1 is 1.03 bits per heavy atom. The maximum absolute atomic E-state index is 13.5. The molecule has 0 saturated carbocycles. The summed E-state index contributed by atoms with van der Waals surface area (Å²) < 4.78 is 47.2. The molecule has 5 nitrogen and oxygen atoms in total. The van der Waals surface area contributed by atoms with Crippen LogP contribution in [-0.2, 0) is 17.5 Å². The highest BCUT2D eigenvalue weighted by Crippen LogP contribution is 2.34. The molecule has 3 aromatic rings. The number of rotatable bonds is 5. The van der Waals surface area contributed by atoms with E-state index in [0.29, 0.717) is 43.2 Å². The van der Waals surface area contributed by atoms with Crippen molar-refractivity contribution in [2.75, 3.05) is 36.5 Å². The Hall–Kier alpha value is -3.26. The van der Waals surface area contributed by atoms with Crippen molar-refractivity contribution in [2.45, 2.75) is 33.5 Å². The van der Waals surface area contributed by atoms with Crippen molar-refractivity contribution in [3.8, 4) is 0 Å². The Balaban J connectivity index is 1.76. The number of aryl methyl sites for hydroxylation is 1. The second-order valence-electron chi connectivity index (χ2n) is 8.61. The van der Waals surface area contributed by atoms with Gasteiger partial charge >= 0.3 is 6.18 Å². The van der Waals surface area contributed by atoms with Gasteiger partial charge < -0.3 is 19.5 Å². The molecule has 2 heterocycles. The van der Waals surface area contributed by atoms with E-state index in [1.165, 1.54) is 6.07 Å². The number of alkyl halides is 3. The van der Waals surface area contributed by atoms with Crippen molar-refractivity contribution in [2.24, 2.45) is 0 Å². The first-order chi connectivity index (χ1) is 16.1. The lowest BCUT2D eigenvalue weighted by atomic mass is 10.1. The van der Waals surface area contributed by atoms with Crippen LogP contribution in [-0.4, -0.2) is 36.8 Å². The van der Waals surface area contributed by atoms with Gasteiger partial charge in [0, 0.05) is 36.6 Å². The van der Waals surface area contributed by atoms with Gasteiger partial charge in [-0.1, -0.05) is 24.3 Å². The summed E-state index contributed by atoms with van der Waals surface area (Å²) in [5.41, 5.74) is 4.47. The molecule has 0 bridgehead atoms. The van der Waals surface area contributed by atoms with Crippen LogP contribution in [0.5, 0.6) is 0 Å². The van der Waals surface area contributed by atoms with Crippen molar-refractivity contribution in [3.05, 3.63) is 82.2 Å². The number of morpholine rings is 1. The lowest BCUT2D eigenvalue weighted by Crippen LogP contribution is -2.36. The number of carbonyl (C=O) groups is 1. The van der Waals surface area contributed by atoms with Gasteiger partial charge in [-0.15, -0.1) is 0 Å². The fraction of sp³-hybridized carbons (Fsp3) is 0.346. The van der Waals surface area contributed by atoms with E-state index in [1.807, 2.05) is 49.6 Å². The van der Waals surface area contributed by atoms with Gasteiger partial charge in [-0.05, 0) is 56.2 Å². The molecular weight excluding hydrogens is 443 g/mol. The van der Waals surface area contributed by atoms with E-state index in [1.54, 1.807) is 6.07 Å². The van der Waals surface area contributed by atoms with E-state index in [4.69, 9.17) is 4.74 Å². The maximum Gasteiger partial charge on any atom is 0.416 e. The van der Waals surface area contributed by atoms with E-state index < -0.39 is 11.7 Å². The van der Waals surface area contributed by atoms with Crippen LogP contribution < -0.4 is 10.2 Å². The Bertz CT molecular complexity index is 1190. The van der Waals surface area contributed by atoms with E-state index >= 15 is 0 Å². The summed E-state index contributed by atoms with van der Waals surface area (Å²) >= 11 is 0. The predicted molar refractivity (Wildman–Crippen MR) is 127 cm³/mol. The molecular formula is C26H28F3N3O2. The average Bonchev–Trinajstić information content (AvgIpc) is 3.03. The Labute approximate surface area is 197 Å². The number of hydrogen-bond donors (Lipinski definition) is 1. The van der Waals surface area contributed by atoms with Gasteiger partial charge in [0.2, 0.25) is 0 Å². The van der Waals surface area contributed by atoms with Crippen LogP contribution in [0.3, 0.4) is 0 Å². The number of amides is 1. The maximum atomic E-state index is 13.5. The van der Waals surface area contributed by atoms with Crippen molar-refractivity contribution in [1.82, 2.24) is 4.57 Å². The summed E-state index contributed by atoms with van der Waals surface area (Å²) in [6.07, 6.45) is -4.43. The first kappa shape index (κ1) is 23.9. The fourth-order valence-electron chi connectivity index (χ4n) is 4.57. The molecule has 0 radical (unpaired) electrons. The van der Waals surface area contributed by atoms with Crippen molar-refractivity contribution in [3.63, 3.8) is 0 Å². The summed E-state index contributed by atoms with van der Waals surface area (Å²) in [5.74, 6) is -0.294. The number of halogens is 3. The second kappa shape index (κ2) is 9.54. The van der Waals surface area contributed by atoms with Crippen LogP contribution in [0.4, 0.5) is 24.5 Å². The molecule has 2 aromatic carbocycles. The molecule has 0 aliphatic carbocycles. The van der Waals surface area contributed by atoms with E-state index in [9.17, 15) is 18.0 Å². The third kappa shape index (κ3) is 4.97. The highest BCUT2D eigenvalue weighted by Gasteiger charge is 2.31. The zero-order valence-corrected chi connectivity index (χ0v) is 19.5. The molecule has 1 aliphatic heterocycles.